The molecule has 0 aromatic heterocycles. The highest BCUT2D eigenvalue weighted by atomic mass is 32.2. The molecular weight excluding hydrogens is 299 g/mol. The molecule has 0 saturated carbocycles. The summed E-state index contributed by atoms with van der Waals surface area (Å²) >= 11 is 0. The number of benzene rings is 1. The third-order valence-corrected chi connectivity index (χ3v) is 3.98. The number of carboxylic acids is 1. The van der Waals surface area contributed by atoms with Gasteiger partial charge in [-0.25, -0.2) is 17.9 Å². The molecule has 8 heteroatoms. The molecule has 0 saturated heterocycles. The number of anilines is 1. The van der Waals surface area contributed by atoms with Crippen molar-refractivity contribution in [3.63, 3.8) is 0 Å². The largest absolute Gasteiger partial charge is 0.481 e. The van der Waals surface area contributed by atoms with E-state index in [4.69, 9.17) is 10.2 Å². The summed E-state index contributed by atoms with van der Waals surface area (Å²) in [4.78, 5) is 10.2. The Hall–Kier alpha value is -1.67. The van der Waals surface area contributed by atoms with Gasteiger partial charge in [-0.3, -0.25) is 4.79 Å². The molecule has 0 heterocycles. The maximum absolute atomic E-state index is 13.7. The van der Waals surface area contributed by atoms with E-state index in [0.29, 0.717) is 19.4 Å². The van der Waals surface area contributed by atoms with Crippen molar-refractivity contribution in [3.8, 4) is 0 Å². The van der Waals surface area contributed by atoms with E-state index >= 15 is 0 Å². The second kappa shape index (κ2) is 7.37. The molecule has 1 unspecified atom stereocenters. The molecule has 1 aromatic rings. The van der Waals surface area contributed by atoms with Crippen molar-refractivity contribution in [1.82, 2.24) is 0 Å². The number of hydrogen-bond donors (Lipinski definition) is 3. The molecule has 0 aliphatic heterocycles. The van der Waals surface area contributed by atoms with Crippen LogP contribution in [0.1, 0.15) is 26.2 Å². The molecule has 0 aliphatic rings. The van der Waals surface area contributed by atoms with Crippen LogP contribution in [0.3, 0.4) is 0 Å². The molecule has 1 rings (SSSR count). The quantitative estimate of drug-likeness (QED) is 0.677. The van der Waals surface area contributed by atoms with Gasteiger partial charge in [-0.1, -0.05) is 6.92 Å². The summed E-state index contributed by atoms with van der Waals surface area (Å²) in [6, 6.07) is 3.41. The Kier molecular flexibility index (Phi) is 6.10. The lowest BCUT2D eigenvalue weighted by Gasteiger charge is -2.12. The van der Waals surface area contributed by atoms with Gasteiger partial charge in [0, 0.05) is 13.0 Å². The van der Waals surface area contributed by atoms with Crippen molar-refractivity contribution in [2.75, 3.05) is 11.9 Å². The second-order valence-electron chi connectivity index (χ2n) is 4.94. The Bertz CT molecular complexity index is 604. The number of nitrogens with one attached hydrogen (secondary N) is 1. The zero-order valence-electron chi connectivity index (χ0n) is 11.7. The molecular formula is C13H19FN2O4S. The van der Waals surface area contributed by atoms with E-state index in [0.717, 1.165) is 6.07 Å². The van der Waals surface area contributed by atoms with Gasteiger partial charge in [-0.2, -0.15) is 0 Å². The number of hydrogen-bond acceptors (Lipinski definition) is 4. The van der Waals surface area contributed by atoms with Crippen LogP contribution in [-0.2, 0) is 14.8 Å². The highest BCUT2D eigenvalue weighted by Gasteiger charge is 2.11. The summed E-state index contributed by atoms with van der Waals surface area (Å²) < 4.78 is 35.8. The Balaban J connectivity index is 2.51. The first-order valence-corrected chi connectivity index (χ1v) is 8.03. The Morgan fingerprint density at radius 2 is 2.10 bits per heavy atom. The van der Waals surface area contributed by atoms with Gasteiger partial charge in [0.15, 0.2) is 0 Å². The minimum atomic E-state index is -3.91. The number of carbonyl (C=O) groups is 1. The smallest absolute Gasteiger partial charge is 0.303 e. The van der Waals surface area contributed by atoms with Gasteiger partial charge in [0.2, 0.25) is 10.0 Å². The van der Waals surface area contributed by atoms with Crippen LogP contribution in [-0.4, -0.2) is 26.0 Å². The molecule has 4 N–H and O–H groups in total. The van der Waals surface area contributed by atoms with Crippen molar-refractivity contribution in [2.45, 2.75) is 31.1 Å². The molecule has 0 amide bonds. The maximum Gasteiger partial charge on any atom is 0.303 e. The van der Waals surface area contributed by atoms with E-state index in [1.54, 1.807) is 0 Å². The first kappa shape index (κ1) is 17.4. The fraction of sp³-hybridized carbons (Fsp3) is 0.462. The molecule has 21 heavy (non-hydrogen) atoms. The number of rotatable bonds is 8. The van der Waals surface area contributed by atoms with E-state index in [-0.39, 0.29) is 22.9 Å². The van der Waals surface area contributed by atoms with Gasteiger partial charge in [0.1, 0.15) is 5.82 Å². The maximum atomic E-state index is 13.7. The van der Waals surface area contributed by atoms with Crippen LogP contribution < -0.4 is 10.5 Å². The Morgan fingerprint density at radius 1 is 1.43 bits per heavy atom. The highest BCUT2D eigenvalue weighted by Crippen LogP contribution is 2.19. The van der Waals surface area contributed by atoms with Crippen LogP contribution in [0.25, 0.3) is 0 Å². The second-order valence-corrected chi connectivity index (χ2v) is 6.50. The van der Waals surface area contributed by atoms with E-state index < -0.39 is 21.8 Å². The van der Waals surface area contributed by atoms with Crippen molar-refractivity contribution in [2.24, 2.45) is 11.1 Å². The number of carboxylic acid groups (broad SMARTS) is 1. The minimum absolute atomic E-state index is 0.110. The first-order chi connectivity index (χ1) is 9.70. The summed E-state index contributed by atoms with van der Waals surface area (Å²) in [7, 11) is -3.91. The van der Waals surface area contributed by atoms with Gasteiger partial charge < -0.3 is 10.4 Å². The predicted molar refractivity (Wildman–Crippen MR) is 76.9 cm³/mol. The molecule has 0 aliphatic carbocycles. The molecule has 0 spiro atoms. The number of halogens is 1. The summed E-state index contributed by atoms with van der Waals surface area (Å²) in [6.07, 6.45) is 1.35. The number of aliphatic carboxylic acids is 1. The van der Waals surface area contributed by atoms with Crippen molar-refractivity contribution < 1.29 is 22.7 Å². The molecule has 6 nitrogen and oxygen atoms in total. The molecule has 0 bridgehead atoms. The summed E-state index contributed by atoms with van der Waals surface area (Å²) in [5.74, 6) is -1.33. The van der Waals surface area contributed by atoms with Crippen LogP contribution in [0.4, 0.5) is 10.1 Å². The molecule has 0 radical (unpaired) electrons. The van der Waals surface area contributed by atoms with E-state index in [1.165, 1.54) is 12.1 Å². The molecule has 1 atom stereocenters. The Morgan fingerprint density at radius 3 is 2.62 bits per heavy atom. The topological polar surface area (TPSA) is 109 Å². The summed E-state index contributed by atoms with van der Waals surface area (Å²) in [5, 5.41) is 16.3. The zero-order chi connectivity index (χ0) is 16.0. The third kappa shape index (κ3) is 6.09. The fourth-order valence-electron chi connectivity index (χ4n) is 1.78. The van der Waals surface area contributed by atoms with Crippen LogP contribution in [0.5, 0.6) is 0 Å². The van der Waals surface area contributed by atoms with Gasteiger partial charge in [-0.15, -0.1) is 0 Å². The van der Waals surface area contributed by atoms with Crippen LogP contribution in [0, 0.1) is 11.7 Å². The Labute approximate surface area is 123 Å². The van der Waals surface area contributed by atoms with Gasteiger partial charge in [-0.05, 0) is 37.0 Å². The molecule has 0 fully saturated rings. The van der Waals surface area contributed by atoms with E-state index in [2.05, 4.69) is 5.32 Å². The normalized spacial score (nSPS) is 12.9. The lowest BCUT2D eigenvalue weighted by molar-refractivity contribution is -0.137. The lowest BCUT2D eigenvalue weighted by Crippen LogP contribution is -2.13. The van der Waals surface area contributed by atoms with Gasteiger partial charge >= 0.3 is 5.97 Å². The predicted octanol–water partition coefficient (Wildman–Crippen LogP) is 1.78. The number of primary sulfonamides is 1. The number of nitrogens with two attached hydrogens (primary N) is 1. The zero-order valence-corrected chi connectivity index (χ0v) is 12.5. The van der Waals surface area contributed by atoms with Crippen molar-refractivity contribution in [1.29, 1.82) is 0 Å². The lowest BCUT2D eigenvalue weighted by atomic mass is 10.0. The van der Waals surface area contributed by atoms with Crippen LogP contribution >= 0.6 is 0 Å². The summed E-state index contributed by atoms with van der Waals surface area (Å²) in [5.41, 5.74) is 0.188. The first-order valence-electron chi connectivity index (χ1n) is 6.48. The SMILES string of the molecule is CC(CCNc1ccc(S(N)(=O)=O)cc1F)CCC(=O)O. The fourth-order valence-corrected chi connectivity index (χ4v) is 2.31. The number of sulfonamides is 1. The molecule has 1 aromatic carbocycles. The minimum Gasteiger partial charge on any atom is -0.481 e. The standard InChI is InChI=1S/C13H19FN2O4S/c1-9(2-5-13(17)18)6-7-16-12-4-3-10(8-11(12)14)21(15,19)20/h3-4,8-9,16H,2,5-7H2,1H3,(H,17,18)(H2,15,19,20). The van der Waals surface area contributed by atoms with E-state index in [9.17, 15) is 17.6 Å². The van der Waals surface area contributed by atoms with Crippen molar-refractivity contribution >= 4 is 21.7 Å². The third-order valence-electron chi connectivity index (χ3n) is 3.07. The van der Waals surface area contributed by atoms with Gasteiger partial charge in [0.05, 0.1) is 10.6 Å². The highest BCUT2D eigenvalue weighted by molar-refractivity contribution is 7.89. The average molecular weight is 318 g/mol. The van der Waals surface area contributed by atoms with Crippen LogP contribution in [0.2, 0.25) is 0 Å². The monoisotopic (exact) mass is 318 g/mol. The van der Waals surface area contributed by atoms with Crippen molar-refractivity contribution in [3.05, 3.63) is 24.0 Å². The average Bonchev–Trinajstić information content (AvgIpc) is 2.37. The molecule has 118 valence electrons. The van der Waals surface area contributed by atoms with E-state index in [1.807, 2.05) is 6.92 Å². The van der Waals surface area contributed by atoms with Crippen LogP contribution in [0.15, 0.2) is 23.1 Å². The van der Waals surface area contributed by atoms with Gasteiger partial charge in [0.25, 0.3) is 0 Å². The summed E-state index contributed by atoms with van der Waals surface area (Å²) in [6.45, 7) is 2.39.